The Morgan fingerprint density at radius 1 is 1.27 bits per heavy atom. The summed E-state index contributed by atoms with van der Waals surface area (Å²) in [6.07, 6.45) is 1.16. The van der Waals surface area contributed by atoms with Gasteiger partial charge in [0.1, 0.15) is 5.76 Å². The lowest BCUT2D eigenvalue weighted by molar-refractivity contribution is -0.192. The molecule has 1 aliphatic carbocycles. The number of nitrogens with zero attached hydrogens (tertiary/aromatic N) is 1. The van der Waals surface area contributed by atoms with Crippen LogP contribution in [0.15, 0.2) is 22.8 Å². The number of aliphatic carboxylic acids is 1. The van der Waals surface area contributed by atoms with Gasteiger partial charge in [-0.25, -0.2) is 4.79 Å². The molecule has 1 aromatic rings. The van der Waals surface area contributed by atoms with Crippen LogP contribution in [0.2, 0.25) is 0 Å². The van der Waals surface area contributed by atoms with Crippen LogP contribution >= 0.6 is 0 Å². The van der Waals surface area contributed by atoms with E-state index in [2.05, 4.69) is 10.2 Å². The molecule has 1 spiro atoms. The third-order valence-electron chi connectivity index (χ3n) is 5.99. The molecule has 0 radical (unpaired) electrons. The maximum Gasteiger partial charge on any atom is 0.490 e. The number of hydrogen-bond acceptors (Lipinski definition) is 5. The summed E-state index contributed by atoms with van der Waals surface area (Å²) in [4.78, 5) is 24.1. The van der Waals surface area contributed by atoms with Gasteiger partial charge in [0.2, 0.25) is 5.91 Å². The number of furan rings is 1. The minimum atomic E-state index is -5.08. The standard InChI is InChI=1S/C18H26N2O3.C2HF3O2/c21-17(19-10-14-3-4-14)16-12-20(11-15-2-1-7-23-15)13-18(16)5-8-22-9-6-18;3-2(4,5)1(6)7/h1-2,7,14,16H,3-6,8-13H2,(H,19,21);(H,6,7). The number of ether oxygens (including phenoxy) is 1. The van der Waals surface area contributed by atoms with Crippen molar-refractivity contribution in [3.63, 3.8) is 0 Å². The van der Waals surface area contributed by atoms with Gasteiger partial charge in [-0.2, -0.15) is 13.2 Å². The van der Waals surface area contributed by atoms with Crippen LogP contribution in [0.1, 0.15) is 31.4 Å². The molecule has 30 heavy (non-hydrogen) atoms. The number of nitrogens with one attached hydrogen (secondary N) is 1. The normalized spacial score (nSPS) is 23.6. The van der Waals surface area contributed by atoms with E-state index < -0.39 is 12.1 Å². The molecule has 1 aromatic heterocycles. The summed E-state index contributed by atoms with van der Waals surface area (Å²) in [6.45, 7) is 5.01. The first kappa shape index (κ1) is 22.6. The van der Waals surface area contributed by atoms with Gasteiger partial charge in [-0.15, -0.1) is 0 Å². The van der Waals surface area contributed by atoms with Crippen LogP contribution < -0.4 is 5.32 Å². The van der Waals surface area contributed by atoms with Crippen molar-refractivity contribution in [3.05, 3.63) is 24.2 Å². The highest BCUT2D eigenvalue weighted by atomic mass is 19.4. The van der Waals surface area contributed by atoms with Crippen LogP contribution in [0.25, 0.3) is 0 Å². The number of rotatable bonds is 5. The van der Waals surface area contributed by atoms with Crippen molar-refractivity contribution < 1.29 is 37.0 Å². The fourth-order valence-corrected chi connectivity index (χ4v) is 4.15. The van der Waals surface area contributed by atoms with Crippen LogP contribution in [0, 0.1) is 17.3 Å². The zero-order valence-corrected chi connectivity index (χ0v) is 16.6. The second kappa shape index (κ2) is 9.38. The molecule has 3 fully saturated rings. The van der Waals surface area contributed by atoms with Gasteiger partial charge in [0.15, 0.2) is 0 Å². The molecule has 3 aliphatic rings. The van der Waals surface area contributed by atoms with Crippen LogP contribution in [0.4, 0.5) is 13.2 Å². The Morgan fingerprint density at radius 2 is 1.93 bits per heavy atom. The maximum atomic E-state index is 12.8. The van der Waals surface area contributed by atoms with Crippen molar-refractivity contribution in [1.29, 1.82) is 0 Å². The van der Waals surface area contributed by atoms with Crippen LogP contribution in [0.5, 0.6) is 0 Å². The summed E-state index contributed by atoms with van der Waals surface area (Å²) in [5.41, 5.74) is 0.0818. The molecular formula is C20H27F3N2O5. The Labute approximate surface area is 172 Å². The maximum absolute atomic E-state index is 12.8. The Morgan fingerprint density at radius 3 is 2.47 bits per heavy atom. The van der Waals surface area contributed by atoms with Gasteiger partial charge in [0.05, 0.1) is 18.7 Å². The quantitative estimate of drug-likeness (QED) is 0.743. The zero-order chi connectivity index (χ0) is 21.8. The summed E-state index contributed by atoms with van der Waals surface area (Å²) in [5.74, 6) is -0.718. The predicted molar refractivity (Wildman–Crippen MR) is 99.4 cm³/mol. The van der Waals surface area contributed by atoms with E-state index in [4.69, 9.17) is 19.1 Å². The monoisotopic (exact) mass is 432 g/mol. The van der Waals surface area contributed by atoms with Crippen molar-refractivity contribution in [1.82, 2.24) is 10.2 Å². The van der Waals surface area contributed by atoms with E-state index >= 15 is 0 Å². The highest BCUT2D eigenvalue weighted by molar-refractivity contribution is 5.80. The van der Waals surface area contributed by atoms with Crippen LogP contribution in [-0.2, 0) is 20.9 Å². The first-order valence-electron chi connectivity index (χ1n) is 10.1. The molecule has 168 valence electrons. The number of alkyl halides is 3. The van der Waals surface area contributed by atoms with Crippen molar-refractivity contribution in [2.24, 2.45) is 17.3 Å². The summed E-state index contributed by atoms with van der Waals surface area (Å²) in [6, 6.07) is 3.94. The minimum Gasteiger partial charge on any atom is -0.475 e. The number of carbonyl (C=O) groups excluding carboxylic acids is 1. The Hall–Kier alpha value is -2.07. The van der Waals surface area contributed by atoms with E-state index in [1.165, 1.54) is 12.8 Å². The number of amides is 1. The molecule has 10 heteroatoms. The van der Waals surface area contributed by atoms with Crippen molar-refractivity contribution in [3.8, 4) is 0 Å². The number of halogens is 3. The largest absolute Gasteiger partial charge is 0.490 e. The van der Waals surface area contributed by atoms with Crippen molar-refractivity contribution in [2.75, 3.05) is 32.8 Å². The fraction of sp³-hybridized carbons (Fsp3) is 0.700. The molecule has 7 nitrogen and oxygen atoms in total. The minimum absolute atomic E-state index is 0.0818. The summed E-state index contributed by atoms with van der Waals surface area (Å²) >= 11 is 0. The second-order valence-corrected chi connectivity index (χ2v) is 8.27. The number of likely N-dealkylation sites (tertiary alicyclic amines) is 1. The molecule has 0 bridgehead atoms. The molecule has 1 amide bonds. The zero-order valence-electron chi connectivity index (χ0n) is 16.6. The van der Waals surface area contributed by atoms with E-state index in [0.717, 1.165) is 63.9 Å². The van der Waals surface area contributed by atoms with Crippen molar-refractivity contribution in [2.45, 2.75) is 38.4 Å². The smallest absolute Gasteiger partial charge is 0.475 e. The lowest BCUT2D eigenvalue weighted by atomic mass is 9.71. The van der Waals surface area contributed by atoms with Crippen molar-refractivity contribution >= 4 is 11.9 Å². The van der Waals surface area contributed by atoms with E-state index in [9.17, 15) is 18.0 Å². The number of carboxylic acids is 1. The Balaban J connectivity index is 0.000000318. The average molecular weight is 432 g/mol. The van der Waals surface area contributed by atoms with Crippen LogP contribution in [0.3, 0.4) is 0 Å². The number of hydrogen-bond donors (Lipinski definition) is 2. The van der Waals surface area contributed by atoms with Gasteiger partial charge in [-0.05, 0) is 43.7 Å². The molecule has 1 unspecified atom stereocenters. The van der Waals surface area contributed by atoms with E-state index in [1.807, 2.05) is 12.1 Å². The third-order valence-corrected chi connectivity index (χ3v) is 5.99. The summed E-state index contributed by atoms with van der Waals surface area (Å²) in [5, 5.41) is 10.3. The topological polar surface area (TPSA) is 92.0 Å². The van der Waals surface area contributed by atoms with E-state index in [1.54, 1.807) is 6.26 Å². The third kappa shape index (κ3) is 5.98. The summed E-state index contributed by atoms with van der Waals surface area (Å²) < 4.78 is 42.8. The van der Waals surface area contributed by atoms with Crippen LogP contribution in [-0.4, -0.2) is 60.9 Å². The molecule has 2 saturated heterocycles. The predicted octanol–water partition coefficient (Wildman–Crippen LogP) is 2.67. The average Bonchev–Trinajstić information content (AvgIpc) is 3.27. The van der Waals surface area contributed by atoms with Gasteiger partial charge in [0, 0.05) is 38.3 Å². The second-order valence-electron chi connectivity index (χ2n) is 8.27. The molecule has 2 N–H and O–H groups in total. The molecule has 2 aliphatic heterocycles. The molecule has 1 atom stereocenters. The highest BCUT2D eigenvalue weighted by Crippen LogP contribution is 2.45. The SMILES string of the molecule is O=C(NCC1CC1)C1CN(Cc2ccco2)CC12CCOCC2.O=C(O)C(F)(F)F. The number of carboxylic acid groups (broad SMARTS) is 1. The number of carbonyl (C=O) groups is 2. The molecule has 1 saturated carbocycles. The molecule has 4 rings (SSSR count). The van der Waals surface area contributed by atoms with Gasteiger partial charge in [-0.3, -0.25) is 9.69 Å². The van der Waals surface area contributed by atoms with Gasteiger partial charge < -0.3 is 19.6 Å². The Kier molecular flexibility index (Phi) is 7.07. The molecular weight excluding hydrogens is 405 g/mol. The lowest BCUT2D eigenvalue weighted by Gasteiger charge is -2.37. The fourth-order valence-electron chi connectivity index (χ4n) is 4.15. The highest BCUT2D eigenvalue weighted by Gasteiger charge is 2.50. The van der Waals surface area contributed by atoms with E-state index in [-0.39, 0.29) is 17.2 Å². The lowest BCUT2D eigenvalue weighted by Crippen LogP contribution is -2.44. The Bertz CT molecular complexity index is 713. The summed E-state index contributed by atoms with van der Waals surface area (Å²) in [7, 11) is 0. The molecule has 3 heterocycles. The molecule has 0 aromatic carbocycles. The van der Waals surface area contributed by atoms with Gasteiger partial charge >= 0.3 is 12.1 Å². The van der Waals surface area contributed by atoms with E-state index in [0.29, 0.717) is 0 Å². The first-order chi connectivity index (χ1) is 14.2. The van der Waals surface area contributed by atoms with Gasteiger partial charge in [0.25, 0.3) is 0 Å². The first-order valence-corrected chi connectivity index (χ1v) is 10.1. The van der Waals surface area contributed by atoms with Gasteiger partial charge in [-0.1, -0.05) is 0 Å².